The molecule has 0 aliphatic rings. The van der Waals surface area contributed by atoms with Crippen molar-refractivity contribution in [1.29, 1.82) is 0 Å². The molecule has 1 aromatic heterocycles. The molecule has 0 fully saturated rings. The van der Waals surface area contributed by atoms with Crippen LogP contribution in [0.2, 0.25) is 5.02 Å². The predicted octanol–water partition coefficient (Wildman–Crippen LogP) is 4.88. The molecule has 1 unspecified atom stereocenters. The summed E-state index contributed by atoms with van der Waals surface area (Å²) in [6, 6.07) is 5.56. The van der Waals surface area contributed by atoms with Crippen LogP contribution in [0.15, 0.2) is 57.0 Å². The van der Waals surface area contributed by atoms with Crippen molar-refractivity contribution in [3.63, 3.8) is 0 Å². The number of benzene rings is 1. The van der Waals surface area contributed by atoms with Crippen LogP contribution in [0.4, 0.5) is 0 Å². The molecule has 6 nitrogen and oxygen atoms in total. The number of primary amides is 1. The maximum absolute atomic E-state index is 12.4. The van der Waals surface area contributed by atoms with Gasteiger partial charge in [0.2, 0.25) is 0 Å². The Bertz CT molecular complexity index is 1070. The van der Waals surface area contributed by atoms with Crippen molar-refractivity contribution in [2.24, 2.45) is 10.7 Å². The van der Waals surface area contributed by atoms with E-state index < -0.39 is 12.0 Å². The first-order chi connectivity index (χ1) is 15.6. The molecule has 0 bridgehead atoms. The first-order valence-corrected chi connectivity index (χ1v) is 11.9. The fraction of sp³-hybridized carbons (Fsp3) is 0.360. The van der Waals surface area contributed by atoms with Crippen LogP contribution < -0.4 is 5.73 Å². The van der Waals surface area contributed by atoms with E-state index in [9.17, 15) is 15.0 Å². The number of rotatable bonds is 11. The van der Waals surface area contributed by atoms with Gasteiger partial charge in [-0.1, -0.05) is 43.3 Å². The lowest BCUT2D eigenvalue weighted by Crippen LogP contribution is -2.15. The van der Waals surface area contributed by atoms with Crippen LogP contribution in [0.3, 0.4) is 0 Å². The Morgan fingerprint density at radius 2 is 2.06 bits per heavy atom. The normalized spacial score (nSPS) is 13.2. The van der Waals surface area contributed by atoms with E-state index in [4.69, 9.17) is 17.3 Å². The van der Waals surface area contributed by atoms with E-state index in [1.807, 2.05) is 52.0 Å². The number of halogens is 1. The second-order valence-electron chi connectivity index (χ2n) is 8.08. The molecule has 1 heterocycles. The largest absolute Gasteiger partial charge is 0.394 e. The molecule has 0 radical (unpaired) electrons. The molecule has 1 amide bonds. The van der Waals surface area contributed by atoms with E-state index >= 15 is 0 Å². The monoisotopic (exact) mass is 489 g/mol. The molecule has 8 heteroatoms. The first kappa shape index (κ1) is 26.9. The third-order valence-corrected chi connectivity index (χ3v) is 6.59. The highest BCUT2D eigenvalue weighted by atomic mass is 35.5. The Kier molecular flexibility index (Phi) is 9.98. The van der Waals surface area contributed by atoms with Gasteiger partial charge in [0.05, 0.1) is 23.3 Å². The number of hydrogen-bond acceptors (Lipinski definition) is 5. The molecule has 0 saturated carbocycles. The zero-order valence-electron chi connectivity index (χ0n) is 19.5. The van der Waals surface area contributed by atoms with Crippen molar-refractivity contribution >= 4 is 36.0 Å². The molecule has 33 heavy (non-hydrogen) atoms. The molecular formula is C25H32ClN3O3S. The Balaban J connectivity index is 2.65. The molecule has 178 valence electrons. The summed E-state index contributed by atoms with van der Waals surface area (Å²) in [7, 11) is 0. The minimum atomic E-state index is -0.859. The lowest BCUT2D eigenvalue weighted by molar-refractivity contribution is 0.0954. The van der Waals surface area contributed by atoms with Crippen LogP contribution in [0.5, 0.6) is 0 Å². The van der Waals surface area contributed by atoms with E-state index in [2.05, 4.69) is 16.3 Å². The van der Waals surface area contributed by atoms with Gasteiger partial charge in [-0.2, -0.15) is 0 Å². The molecule has 0 spiro atoms. The Labute approximate surface area is 204 Å². The highest BCUT2D eigenvalue weighted by Crippen LogP contribution is 2.41. The number of aromatic nitrogens is 1. The van der Waals surface area contributed by atoms with Gasteiger partial charge < -0.3 is 20.5 Å². The molecule has 2 aromatic rings. The number of aliphatic hydroxyl groups excluding tert-OH is 2. The average molecular weight is 490 g/mol. The Hall–Kier alpha value is -2.32. The van der Waals surface area contributed by atoms with Gasteiger partial charge in [0.25, 0.3) is 5.91 Å². The van der Waals surface area contributed by atoms with Gasteiger partial charge in [0.1, 0.15) is 0 Å². The molecule has 0 aliphatic heterocycles. The maximum atomic E-state index is 12.4. The highest BCUT2D eigenvalue weighted by molar-refractivity contribution is 7.99. The third-order valence-electron chi connectivity index (χ3n) is 5.27. The number of allylic oxidation sites excluding steroid dienone is 3. The molecule has 2 rings (SSSR count). The second-order valence-corrected chi connectivity index (χ2v) is 9.58. The van der Waals surface area contributed by atoms with Crippen molar-refractivity contribution in [2.75, 3.05) is 6.61 Å². The van der Waals surface area contributed by atoms with Crippen molar-refractivity contribution < 1.29 is 15.0 Å². The fourth-order valence-electron chi connectivity index (χ4n) is 3.70. The molecular weight excluding hydrogens is 458 g/mol. The van der Waals surface area contributed by atoms with Crippen LogP contribution in [-0.2, 0) is 13.0 Å². The summed E-state index contributed by atoms with van der Waals surface area (Å²) < 4.78 is 2.09. The molecule has 1 atom stereocenters. The van der Waals surface area contributed by atoms with E-state index in [1.54, 1.807) is 12.3 Å². The molecule has 0 aliphatic carbocycles. The lowest BCUT2D eigenvalue weighted by atomic mass is 10.0. The van der Waals surface area contributed by atoms with Gasteiger partial charge in [0, 0.05) is 34.8 Å². The van der Waals surface area contributed by atoms with Crippen LogP contribution in [0.25, 0.3) is 0 Å². The summed E-state index contributed by atoms with van der Waals surface area (Å²) in [4.78, 5) is 17.1. The third kappa shape index (κ3) is 6.84. The number of aliphatic hydroxyl groups is 2. The highest BCUT2D eigenvalue weighted by Gasteiger charge is 2.26. The summed E-state index contributed by atoms with van der Waals surface area (Å²) in [5.41, 5.74) is 9.85. The number of carbonyl (C=O) groups excluding carboxylic acids is 1. The summed E-state index contributed by atoms with van der Waals surface area (Å²) in [5, 5.41) is 20.5. The quantitative estimate of drug-likeness (QED) is 0.309. The van der Waals surface area contributed by atoms with E-state index in [0.29, 0.717) is 17.1 Å². The van der Waals surface area contributed by atoms with Gasteiger partial charge in [-0.05, 0) is 67.5 Å². The van der Waals surface area contributed by atoms with Crippen molar-refractivity contribution in [3.05, 3.63) is 69.5 Å². The lowest BCUT2D eigenvalue weighted by Gasteiger charge is -2.16. The molecule has 0 saturated heterocycles. The maximum Gasteiger partial charge on any atom is 0.250 e. The van der Waals surface area contributed by atoms with E-state index in [0.717, 1.165) is 32.3 Å². The van der Waals surface area contributed by atoms with Crippen LogP contribution in [0, 0.1) is 6.92 Å². The number of nitrogens with zero attached hydrogens (tertiary/aromatic N) is 2. The fourth-order valence-corrected chi connectivity index (χ4v) is 5.40. The van der Waals surface area contributed by atoms with Crippen molar-refractivity contribution in [3.8, 4) is 0 Å². The second kappa shape index (κ2) is 12.2. The molecule has 4 N–H and O–H groups in total. The first-order valence-electron chi connectivity index (χ1n) is 10.7. The average Bonchev–Trinajstić information content (AvgIpc) is 3.02. The van der Waals surface area contributed by atoms with Crippen LogP contribution in [0.1, 0.15) is 53.9 Å². The topological polar surface area (TPSA) is 101 Å². The standard InChI is InChI=1S/C25H32ClN3O3S/c1-6-17(7-8-28-5)13-29-16(4)23(24(27)32)22(15(2)3)25(29)33-21-11-18(9-19(26)12-21)10-20(31)14-30/h6-9,11-12,15,20,30-31H,5,10,13-14H2,1-4H3,(H2,27,32)/b8-7-,17-6+. The zero-order valence-corrected chi connectivity index (χ0v) is 21.1. The molecule has 1 aromatic carbocycles. The summed E-state index contributed by atoms with van der Waals surface area (Å²) >= 11 is 7.86. The SMILES string of the molecule is C=N/C=C\C(=C/C)Cn1c(C)c(C(N)=O)c(C(C)C)c1Sc1cc(Cl)cc(CC(O)CO)c1. The van der Waals surface area contributed by atoms with E-state index in [-0.39, 0.29) is 18.9 Å². The predicted molar refractivity (Wildman–Crippen MR) is 137 cm³/mol. The number of nitrogens with two attached hydrogens (primary N) is 1. The summed E-state index contributed by atoms with van der Waals surface area (Å²) in [6.07, 6.45) is 4.93. The van der Waals surface area contributed by atoms with Gasteiger partial charge >= 0.3 is 0 Å². The van der Waals surface area contributed by atoms with Gasteiger partial charge in [-0.25, -0.2) is 0 Å². The van der Waals surface area contributed by atoms with Crippen LogP contribution >= 0.6 is 23.4 Å². The summed E-state index contributed by atoms with van der Waals surface area (Å²) in [6.45, 7) is 11.6. The van der Waals surface area contributed by atoms with E-state index in [1.165, 1.54) is 11.8 Å². The van der Waals surface area contributed by atoms with Gasteiger partial charge in [-0.15, -0.1) is 0 Å². The van der Waals surface area contributed by atoms with Crippen molar-refractivity contribution in [2.45, 2.75) is 62.6 Å². The number of amides is 1. The number of hydrogen-bond donors (Lipinski definition) is 3. The minimum absolute atomic E-state index is 0.0595. The Morgan fingerprint density at radius 1 is 1.36 bits per heavy atom. The summed E-state index contributed by atoms with van der Waals surface area (Å²) in [5.74, 6) is -0.399. The van der Waals surface area contributed by atoms with Gasteiger partial charge in [0.15, 0.2) is 0 Å². The zero-order chi connectivity index (χ0) is 24.7. The Morgan fingerprint density at radius 3 is 2.61 bits per heavy atom. The minimum Gasteiger partial charge on any atom is -0.394 e. The smallest absolute Gasteiger partial charge is 0.250 e. The number of aliphatic imine (C=N–C) groups is 1. The van der Waals surface area contributed by atoms with Crippen molar-refractivity contribution in [1.82, 2.24) is 4.57 Å². The van der Waals surface area contributed by atoms with Crippen LogP contribution in [-0.4, -0.2) is 40.1 Å². The van der Waals surface area contributed by atoms with Gasteiger partial charge in [-0.3, -0.25) is 9.79 Å². The number of carbonyl (C=O) groups is 1.